The van der Waals surface area contributed by atoms with Gasteiger partial charge in [0.05, 0.1) is 16.9 Å². The van der Waals surface area contributed by atoms with Crippen LogP contribution in [0.1, 0.15) is 5.56 Å². The van der Waals surface area contributed by atoms with E-state index in [2.05, 4.69) is 4.40 Å². The van der Waals surface area contributed by atoms with Crippen LogP contribution in [0.2, 0.25) is 0 Å². The molecule has 0 fully saturated rings. The number of allylic oxidation sites excluding steroid dienone is 1. The van der Waals surface area contributed by atoms with Crippen molar-refractivity contribution in [1.82, 2.24) is 0 Å². The van der Waals surface area contributed by atoms with Gasteiger partial charge in [0.25, 0.3) is 15.7 Å². The van der Waals surface area contributed by atoms with Gasteiger partial charge in [0, 0.05) is 18.3 Å². The maximum Gasteiger partial charge on any atom is 0.282 e. The van der Waals surface area contributed by atoms with E-state index in [4.69, 9.17) is 4.74 Å². The highest BCUT2D eigenvalue weighted by molar-refractivity contribution is 7.90. The second-order valence-electron chi connectivity index (χ2n) is 4.61. The van der Waals surface area contributed by atoms with E-state index in [0.717, 1.165) is 41.8 Å². The monoisotopic (exact) mass is 346 g/mol. The normalized spacial score (nSPS) is 11.9. The SMILES string of the molecule is COc1ccc(/C=C/C=N/S(=O)(=O)c2ccc([N+](=O)[O-])cc2)cc1. The molecule has 0 heterocycles. The summed E-state index contributed by atoms with van der Waals surface area (Å²) in [6.07, 6.45) is 4.33. The van der Waals surface area contributed by atoms with E-state index in [1.54, 1.807) is 25.3 Å². The highest BCUT2D eigenvalue weighted by atomic mass is 32.2. The van der Waals surface area contributed by atoms with Gasteiger partial charge in [-0.05, 0) is 35.9 Å². The van der Waals surface area contributed by atoms with E-state index in [9.17, 15) is 18.5 Å². The molecular formula is C16H14N2O5S. The Balaban J connectivity index is 2.08. The van der Waals surface area contributed by atoms with Gasteiger partial charge in [-0.15, -0.1) is 0 Å². The predicted octanol–water partition coefficient (Wildman–Crippen LogP) is 3.08. The molecule has 0 bridgehead atoms. The van der Waals surface area contributed by atoms with Gasteiger partial charge in [-0.2, -0.15) is 12.8 Å². The minimum Gasteiger partial charge on any atom is -0.497 e. The summed E-state index contributed by atoms with van der Waals surface area (Å²) in [6.45, 7) is 0. The average molecular weight is 346 g/mol. The third-order valence-corrected chi connectivity index (χ3v) is 4.30. The number of hydrogen-bond acceptors (Lipinski definition) is 5. The van der Waals surface area contributed by atoms with E-state index in [0.29, 0.717) is 0 Å². The summed E-state index contributed by atoms with van der Waals surface area (Å²) in [5.74, 6) is 0.724. The summed E-state index contributed by atoms with van der Waals surface area (Å²) in [6, 6.07) is 11.7. The fourth-order valence-corrected chi connectivity index (χ4v) is 2.62. The van der Waals surface area contributed by atoms with Crippen molar-refractivity contribution < 1.29 is 18.1 Å². The van der Waals surface area contributed by atoms with Crippen LogP contribution in [-0.2, 0) is 10.0 Å². The van der Waals surface area contributed by atoms with Gasteiger partial charge in [-0.25, -0.2) is 0 Å². The second kappa shape index (κ2) is 7.51. The molecule has 24 heavy (non-hydrogen) atoms. The number of rotatable bonds is 6. The molecule has 0 aliphatic heterocycles. The van der Waals surface area contributed by atoms with E-state index in [1.807, 2.05) is 12.1 Å². The van der Waals surface area contributed by atoms with Crippen LogP contribution in [0.3, 0.4) is 0 Å². The molecule has 7 nitrogen and oxygen atoms in total. The first-order chi connectivity index (χ1) is 11.4. The first-order valence-corrected chi connectivity index (χ1v) is 8.22. The van der Waals surface area contributed by atoms with Crippen molar-refractivity contribution in [3.05, 3.63) is 70.3 Å². The van der Waals surface area contributed by atoms with Crippen molar-refractivity contribution in [2.75, 3.05) is 7.11 Å². The predicted molar refractivity (Wildman–Crippen MR) is 90.8 cm³/mol. The first-order valence-electron chi connectivity index (χ1n) is 6.78. The van der Waals surface area contributed by atoms with Crippen molar-refractivity contribution in [2.24, 2.45) is 4.40 Å². The Labute approximate surface area is 139 Å². The van der Waals surface area contributed by atoms with Crippen LogP contribution in [0, 0.1) is 10.1 Å². The Morgan fingerprint density at radius 1 is 1.08 bits per heavy atom. The zero-order valence-corrected chi connectivity index (χ0v) is 13.5. The number of sulfonamides is 1. The summed E-state index contributed by atoms with van der Waals surface area (Å²) in [5, 5.41) is 10.6. The van der Waals surface area contributed by atoms with Crippen LogP contribution in [0.25, 0.3) is 6.08 Å². The van der Waals surface area contributed by atoms with Crippen molar-refractivity contribution >= 4 is 28.0 Å². The van der Waals surface area contributed by atoms with Crippen molar-refractivity contribution in [2.45, 2.75) is 4.90 Å². The number of benzene rings is 2. The molecule has 0 aliphatic carbocycles. The third-order valence-electron chi connectivity index (χ3n) is 3.04. The number of nitrogens with zero attached hydrogens (tertiary/aromatic N) is 2. The van der Waals surface area contributed by atoms with E-state index < -0.39 is 14.9 Å². The highest BCUT2D eigenvalue weighted by Crippen LogP contribution is 2.17. The number of hydrogen-bond donors (Lipinski definition) is 0. The maximum absolute atomic E-state index is 12.0. The number of methoxy groups -OCH3 is 1. The Bertz CT molecular complexity index is 870. The van der Waals surface area contributed by atoms with E-state index >= 15 is 0 Å². The standard InChI is InChI=1S/C16H14N2O5S/c1-23-15-8-4-13(5-9-15)3-2-12-17-24(21,22)16-10-6-14(7-11-16)18(19)20/h2-12H,1H3/b3-2+,17-12+. The third kappa shape index (κ3) is 4.50. The number of ether oxygens (including phenoxy) is 1. The smallest absolute Gasteiger partial charge is 0.282 e. The fraction of sp³-hybridized carbons (Fsp3) is 0.0625. The molecule has 0 aromatic heterocycles. The molecule has 2 rings (SSSR count). The number of nitro groups is 1. The van der Waals surface area contributed by atoms with Gasteiger partial charge in [0.2, 0.25) is 0 Å². The van der Waals surface area contributed by atoms with Gasteiger partial charge in [0.15, 0.2) is 0 Å². The van der Waals surface area contributed by atoms with Crippen LogP contribution >= 0.6 is 0 Å². The topological polar surface area (TPSA) is 98.9 Å². The zero-order valence-electron chi connectivity index (χ0n) is 12.7. The maximum atomic E-state index is 12.0. The number of non-ortho nitro benzene ring substituents is 1. The Hall–Kier alpha value is -3.00. The molecule has 0 unspecified atom stereocenters. The summed E-state index contributed by atoms with van der Waals surface area (Å²) >= 11 is 0. The average Bonchev–Trinajstić information content (AvgIpc) is 2.59. The van der Waals surface area contributed by atoms with Crippen LogP contribution in [0.5, 0.6) is 5.75 Å². The van der Waals surface area contributed by atoms with Gasteiger partial charge in [0.1, 0.15) is 5.75 Å². The molecule has 8 heteroatoms. The Morgan fingerprint density at radius 3 is 2.25 bits per heavy atom. The molecule has 0 radical (unpaired) electrons. The van der Waals surface area contributed by atoms with Gasteiger partial charge in [-0.1, -0.05) is 18.2 Å². The lowest BCUT2D eigenvalue weighted by molar-refractivity contribution is -0.384. The molecule has 2 aromatic carbocycles. The van der Waals surface area contributed by atoms with Crippen LogP contribution in [0.4, 0.5) is 5.69 Å². The lowest BCUT2D eigenvalue weighted by atomic mass is 10.2. The van der Waals surface area contributed by atoms with Crippen molar-refractivity contribution in [3.63, 3.8) is 0 Å². The Morgan fingerprint density at radius 2 is 1.71 bits per heavy atom. The minimum absolute atomic E-state index is 0.109. The second-order valence-corrected chi connectivity index (χ2v) is 6.25. The van der Waals surface area contributed by atoms with Gasteiger partial charge < -0.3 is 4.74 Å². The fourth-order valence-electron chi connectivity index (χ4n) is 1.79. The van der Waals surface area contributed by atoms with Crippen LogP contribution in [-0.4, -0.2) is 26.7 Å². The molecule has 0 amide bonds. The molecule has 0 spiro atoms. The summed E-state index contributed by atoms with van der Waals surface area (Å²) < 4.78 is 32.5. The molecule has 0 saturated heterocycles. The molecule has 0 N–H and O–H groups in total. The molecule has 0 saturated carbocycles. The van der Waals surface area contributed by atoms with Gasteiger partial charge in [-0.3, -0.25) is 10.1 Å². The highest BCUT2D eigenvalue weighted by Gasteiger charge is 2.13. The Kier molecular flexibility index (Phi) is 5.43. The van der Waals surface area contributed by atoms with Gasteiger partial charge >= 0.3 is 0 Å². The van der Waals surface area contributed by atoms with Crippen LogP contribution < -0.4 is 4.74 Å². The first kappa shape index (κ1) is 17.4. The quantitative estimate of drug-likeness (QED) is 0.455. The van der Waals surface area contributed by atoms with Crippen molar-refractivity contribution in [3.8, 4) is 5.75 Å². The molecule has 2 aromatic rings. The van der Waals surface area contributed by atoms with E-state index in [-0.39, 0.29) is 10.6 Å². The molecule has 0 aliphatic rings. The largest absolute Gasteiger partial charge is 0.497 e. The lowest BCUT2D eigenvalue weighted by Gasteiger charge is -1.98. The van der Waals surface area contributed by atoms with Crippen molar-refractivity contribution in [1.29, 1.82) is 0 Å². The molecule has 0 atom stereocenters. The van der Waals surface area contributed by atoms with Crippen LogP contribution in [0.15, 0.2) is 63.9 Å². The summed E-state index contributed by atoms with van der Waals surface area (Å²) in [7, 11) is -2.32. The minimum atomic E-state index is -3.89. The van der Waals surface area contributed by atoms with E-state index in [1.165, 1.54) is 6.08 Å². The number of nitro benzene ring substituents is 1. The summed E-state index contributed by atoms with van der Waals surface area (Å²) in [5.41, 5.74) is 0.673. The molecule has 124 valence electrons. The zero-order chi connectivity index (χ0) is 17.6. The lowest BCUT2D eigenvalue weighted by Crippen LogP contribution is -1.97. The molecular weight excluding hydrogens is 332 g/mol. The summed E-state index contributed by atoms with van der Waals surface area (Å²) in [4.78, 5) is 9.85.